The van der Waals surface area contributed by atoms with Gasteiger partial charge >= 0.3 is 0 Å². The van der Waals surface area contributed by atoms with Crippen molar-refractivity contribution in [1.82, 2.24) is 34.5 Å². The number of hydrogen-bond donors (Lipinski definition) is 2. The number of imidazole rings is 1. The fourth-order valence-corrected chi connectivity index (χ4v) is 3.93. The fourth-order valence-electron chi connectivity index (χ4n) is 3.93. The van der Waals surface area contributed by atoms with Crippen molar-refractivity contribution in [3.05, 3.63) is 54.0 Å². The summed E-state index contributed by atoms with van der Waals surface area (Å²) in [5.41, 5.74) is 2.26. The van der Waals surface area contributed by atoms with Crippen LogP contribution < -0.4 is 4.90 Å². The predicted octanol–water partition coefficient (Wildman–Crippen LogP) is 2.72. The lowest BCUT2D eigenvalue weighted by Gasteiger charge is -2.32. The van der Waals surface area contributed by atoms with E-state index in [4.69, 9.17) is 4.98 Å². The highest BCUT2D eigenvalue weighted by atomic mass is 19.3. The van der Waals surface area contributed by atoms with E-state index in [1.54, 1.807) is 12.4 Å². The lowest BCUT2D eigenvalue weighted by atomic mass is 9.94. The standard InChI is InChI=1S/C20H20F2N8O/c21-19(22)15-10-30-16(7-25-18(30)8-24-15)20-23-4-3-17(26-20)29-5-1-2-12(9-29)14-6-13(11-31)27-28-14/h3-4,6-8,10,12,19,31H,1-2,5,9,11H2,(H,27,28). The van der Waals surface area contributed by atoms with Crippen LogP contribution in [0.3, 0.4) is 0 Å². The number of aromatic nitrogens is 7. The Labute approximate surface area is 175 Å². The Morgan fingerprint density at radius 3 is 2.94 bits per heavy atom. The molecule has 31 heavy (non-hydrogen) atoms. The van der Waals surface area contributed by atoms with Crippen molar-refractivity contribution in [2.75, 3.05) is 18.0 Å². The van der Waals surface area contributed by atoms with Crippen LogP contribution in [0, 0.1) is 0 Å². The van der Waals surface area contributed by atoms with Gasteiger partial charge in [0.1, 0.15) is 17.2 Å². The van der Waals surface area contributed by atoms with Crippen LogP contribution in [-0.4, -0.2) is 52.7 Å². The van der Waals surface area contributed by atoms with Crippen molar-refractivity contribution in [3.63, 3.8) is 0 Å². The van der Waals surface area contributed by atoms with Crippen LogP contribution in [-0.2, 0) is 6.61 Å². The highest BCUT2D eigenvalue weighted by Crippen LogP contribution is 2.29. The number of H-pyrrole nitrogens is 1. The van der Waals surface area contributed by atoms with E-state index in [-0.39, 0.29) is 18.2 Å². The van der Waals surface area contributed by atoms with Crippen molar-refractivity contribution >= 4 is 11.5 Å². The second-order valence-electron chi connectivity index (χ2n) is 7.48. The molecule has 0 bridgehead atoms. The lowest BCUT2D eigenvalue weighted by molar-refractivity contribution is 0.145. The van der Waals surface area contributed by atoms with Crippen LogP contribution in [0.15, 0.2) is 36.9 Å². The minimum Gasteiger partial charge on any atom is -0.390 e. The van der Waals surface area contributed by atoms with Gasteiger partial charge in [0.15, 0.2) is 11.5 Å². The maximum Gasteiger partial charge on any atom is 0.281 e. The first-order valence-corrected chi connectivity index (χ1v) is 9.97. The minimum atomic E-state index is -2.68. The molecule has 1 saturated heterocycles. The molecular weight excluding hydrogens is 406 g/mol. The first kappa shape index (κ1) is 19.5. The molecule has 4 aromatic rings. The zero-order valence-electron chi connectivity index (χ0n) is 16.5. The number of nitrogens with zero attached hydrogens (tertiary/aromatic N) is 7. The van der Waals surface area contributed by atoms with Gasteiger partial charge < -0.3 is 10.0 Å². The smallest absolute Gasteiger partial charge is 0.281 e. The topological polar surface area (TPSA) is 108 Å². The van der Waals surface area contributed by atoms with Crippen molar-refractivity contribution in [1.29, 1.82) is 0 Å². The van der Waals surface area contributed by atoms with Gasteiger partial charge in [-0.1, -0.05) is 0 Å². The lowest BCUT2D eigenvalue weighted by Crippen LogP contribution is -2.35. The first-order chi connectivity index (χ1) is 15.1. The van der Waals surface area contributed by atoms with Crippen molar-refractivity contribution in [2.45, 2.75) is 31.8 Å². The predicted molar refractivity (Wildman–Crippen MR) is 108 cm³/mol. The Balaban J connectivity index is 1.44. The maximum absolute atomic E-state index is 13.1. The number of halogens is 2. The molecule has 1 aliphatic rings. The molecule has 0 aliphatic carbocycles. The molecule has 1 aliphatic heterocycles. The van der Waals surface area contributed by atoms with Crippen LogP contribution in [0.1, 0.15) is 42.3 Å². The Morgan fingerprint density at radius 2 is 2.13 bits per heavy atom. The SMILES string of the molecule is OCc1cc(C2CCCN(c3ccnc(-c4cnc5cnc(C(F)F)cn45)n3)C2)n[nH]1. The number of nitrogens with one attached hydrogen (secondary N) is 1. The molecule has 0 saturated carbocycles. The second-order valence-corrected chi connectivity index (χ2v) is 7.48. The Hall–Kier alpha value is -3.47. The van der Waals surface area contributed by atoms with E-state index in [9.17, 15) is 13.9 Å². The molecule has 4 aromatic heterocycles. The summed E-state index contributed by atoms with van der Waals surface area (Å²) in [5, 5.41) is 16.5. The van der Waals surface area contributed by atoms with Crippen LogP contribution in [0.25, 0.3) is 17.2 Å². The number of aliphatic hydroxyl groups is 1. The third kappa shape index (κ3) is 3.72. The summed E-state index contributed by atoms with van der Waals surface area (Å²) < 4.78 is 27.7. The van der Waals surface area contributed by atoms with Gasteiger partial charge in [0.05, 0.1) is 30.4 Å². The van der Waals surface area contributed by atoms with Crippen molar-refractivity contribution in [3.8, 4) is 11.5 Å². The number of anilines is 1. The highest BCUT2D eigenvalue weighted by molar-refractivity contribution is 5.58. The Kier molecular flexibility index (Phi) is 5.02. The Morgan fingerprint density at radius 1 is 1.23 bits per heavy atom. The van der Waals surface area contributed by atoms with Gasteiger partial charge in [-0.05, 0) is 25.0 Å². The Bertz CT molecular complexity index is 1210. The second kappa shape index (κ2) is 7.99. The van der Waals surface area contributed by atoms with E-state index >= 15 is 0 Å². The van der Waals surface area contributed by atoms with E-state index in [1.165, 1.54) is 16.8 Å². The van der Waals surface area contributed by atoms with Gasteiger partial charge in [-0.15, -0.1) is 0 Å². The number of alkyl halides is 2. The van der Waals surface area contributed by atoms with E-state index in [0.29, 0.717) is 22.9 Å². The summed E-state index contributed by atoms with van der Waals surface area (Å²) in [5.74, 6) is 1.38. The third-order valence-corrected chi connectivity index (χ3v) is 5.49. The summed E-state index contributed by atoms with van der Waals surface area (Å²) in [6.45, 7) is 1.51. The van der Waals surface area contributed by atoms with Crippen LogP contribution in [0.5, 0.6) is 0 Å². The molecule has 1 unspecified atom stereocenters. The molecule has 0 amide bonds. The first-order valence-electron chi connectivity index (χ1n) is 9.97. The average molecular weight is 426 g/mol. The van der Waals surface area contributed by atoms with Crippen molar-refractivity contribution in [2.24, 2.45) is 0 Å². The molecular formula is C20H20F2N8O. The number of aromatic amines is 1. The summed E-state index contributed by atoms with van der Waals surface area (Å²) in [4.78, 5) is 19.2. The molecule has 1 fully saturated rings. The van der Waals surface area contributed by atoms with E-state index in [2.05, 4.69) is 30.0 Å². The van der Waals surface area contributed by atoms with Gasteiger partial charge in [0.25, 0.3) is 6.43 Å². The quantitative estimate of drug-likeness (QED) is 0.505. The molecule has 0 radical (unpaired) electrons. The van der Waals surface area contributed by atoms with E-state index in [0.717, 1.165) is 37.4 Å². The van der Waals surface area contributed by atoms with Crippen molar-refractivity contribution < 1.29 is 13.9 Å². The van der Waals surface area contributed by atoms with Gasteiger partial charge in [0, 0.05) is 31.4 Å². The average Bonchev–Trinajstić information content (AvgIpc) is 3.46. The van der Waals surface area contributed by atoms with Gasteiger partial charge in [-0.25, -0.2) is 28.7 Å². The zero-order chi connectivity index (χ0) is 21.4. The molecule has 0 aromatic carbocycles. The summed E-state index contributed by atoms with van der Waals surface area (Å²) in [6.07, 6.45) is 5.11. The summed E-state index contributed by atoms with van der Waals surface area (Å²) >= 11 is 0. The van der Waals surface area contributed by atoms with Crippen LogP contribution in [0.4, 0.5) is 14.6 Å². The van der Waals surface area contributed by atoms with E-state index < -0.39 is 6.43 Å². The summed E-state index contributed by atoms with van der Waals surface area (Å²) in [6, 6.07) is 3.73. The molecule has 0 spiro atoms. The third-order valence-electron chi connectivity index (χ3n) is 5.49. The number of aliphatic hydroxyl groups excluding tert-OH is 1. The van der Waals surface area contributed by atoms with E-state index in [1.807, 2.05) is 12.1 Å². The molecule has 5 rings (SSSR count). The van der Waals surface area contributed by atoms with Gasteiger partial charge in [-0.3, -0.25) is 9.50 Å². The number of hydrogen-bond acceptors (Lipinski definition) is 7. The molecule has 160 valence electrons. The monoisotopic (exact) mass is 426 g/mol. The maximum atomic E-state index is 13.1. The number of fused-ring (bicyclic) bond motifs is 1. The molecule has 11 heteroatoms. The number of rotatable bonds is 5. The molecule has 5 heterocycles. The fraction of sp³-hybridized carbons (Fsp3) is 0.350. The minimum absolute atomic E-state index is 0.0686. The molecule has 2 N–H and O–H groups in total. The zero-order valence-corrected chi connectivity index (χ0v) is 16.5. The van der Waals surface area contributed by atoms with Gasteiger partial charge in [0.2, 0.25) is 0 Å². The normalized spacial score (nSPS) is 17.0. The summed E-state index contributed by atoms with van der Waals surface area (Å²) in [7, 11) is 0. The molecule has 9 nitrogen and oxygen atoms in total. The van der Waals surface area contributed by atoms with Crippen LogP contribution >= 0.6 is 0 Å². The highest BCUT2D eigenvalue weighted by Gasteiger charge is 2.25. The molecule has 1 atom stereocenters. The van der Waals surface area contributed by atoms with Crippen LogP contribution in [0.2, 0.25) is 0 Å². The van der Waals surface area contributed by atoms with Gasteiger partial charge in [-0.2, -0.15) is 5.10 Å². The largest absolute Gasteiger partial charge is 0.390 e. The number of piperidine rings is 1.